The van der Waals surface area contributed by atoms with Crippen molar-refractivity contribution in [2.24, 2.45) is 0 Å². The highest BCUT2D eigenvalue weighted by Crippen LogP contribution is 2.42. The van der Waals surface area contributed by atoms with Crippen LogP contribution >= 0.6 is 0 Å². The fourth-order valence-corrected chi connectivity index (χ4v) is 4.30. The maximum absolute atomic E-state index is 14.7. The number of morpholine rings is 1. The second kappa shape index (κ2) is 6.81. The molecule has 2 aromatic carbocycles. The van der Waals surface area contributed by atoms with Crippen LogP contribution in [0.15, 0.2) is 48.5 Å². The maximum Gasteiger partial charge on any atom is 0.147 e. The molecule has 4 nitrogen and oxygen atoms in total. The van der Waals surface area contributed by atoms with Crippen LogP contribution in [0.2, 0.25) is 0 Å². The third kappa shape index (κ3) is 3.01. The van der Waals surface area contributed by atoms with E-state index >= 15 is 0 Å². The zero-order valence-electron chi connectivity index (χ0n) is 14.4. The van der Waals surface area contributed by atoms with E-state index in [0.717, 1.165) is 6.54 Å². The van der Waals surface area contributed by atoms with Gasteiger partial charge in [0.15, 0.2) is 0 Å². The molecule has 2 aliphatic rings. The molecule has 2 unspecified atom stereocenters. The molecule has 2 aliphatic heterocycles. The Morgan fingerprint density at radius 2 is 1.81 bits per heavy atom. The molecule has 0 spiro atoms. The predicted octanol–water partition coefficient (Wildman–Crippen LogP) is 2.95. The fourth-order valence-electron chi connectivity index (χ4n) is 4.30. The fraction of sp³-hybridized carbons (Fsp3) is 0.381. The number of nitrogens with zero attached hydrogens (tertiary/aromatic N) is 2. The number of nitriles is 1. The van der Waals surface area contributed by atoms with Crippen LogP contribution in [0, 0.1) is 17.1 Å². The number of piperidine rings is 1. The summed E-state index contributed by atoms with van der Waals surface area (Å²) in [6, 6.07) is 16.8. The number of ether oxygens (including phenoxy) is 1. The van der Waals surface area contributed by atoms with Crippen LogP contribution in [0.5, 0.6) is 0 Å². The summed E-state index contributed by atoms with van der Waals surface area (Å²) >= 11 is 0. The van der Waals surface area contributed by atoms with Gasteiger partial charge in [0.05, 0.1) is 24.4 Å². The summed E-state index contributed by atoms with van der Waals surface area (Å²) in [6.45, 7) is 1.83. The first-order chi connectivity index (χ1) is 12.6. The highest BCUT2D eigenvalue weighted by Gasteiger charge is 2.48. The minimum absolute atomic E-state index is 0.0119. The molecule has 0 saturated carbocycles. The Morgan fingerprint density at radius 3 is 2.46 bits per heavy atom. The van der Waals surface area contributed by atoms with E-state index in [9.17, 15) is 9.50 Å². The van der Waals surface area contributed by atoms with Crippen molar-refractivity contribution in [1.29, 1.82) is 5.26 Å². The molecule has 2 saturated heterocycles. The van der Waals surface area contributed by atoms with E-state index in [4.69, 9.17) is 10.00 Å². The summed E-state index contributed by atoms with van der Waals surface area (Å²) in [5.74, 6) is -0.604. The molecule has 4 rings (SSSR count). The van der Waals surface area contributed by atoms with Crippen molar-refractivity contribution in [3.63, 3.8) is 0 Å². The largest absolute Gasteiger partial charge is 0.385 e. The van der Waals surface area contributed by atoms with Crippen LogP contribution in [-0.2, 0) is 16.9 Å². The summed E-state index contributed by atoms with van der Waals surface area (Å²) in [6.07, 6.45) is 0.782. The lowest BCUT2D eigenvalue weighted by Crippen LogP contribution is -2.60. The first kappa shape index (κ1) is 17.2. The van der Waals surface area contributed by atoms with Crippen molar-refractivity contribution in [2.45, 2.75) is 37.1 Å². The molecule has 2 atom stereocenters. The molecule has 26 heavy (non-hydrogen) atoms. The standard InChI is InChI=1S/C21H21FN2O2/c22-20-16(11-23)7-4-8-19(20)21(25)9-17-13-26-14-18(10-21)24(17)12-15-5-2-1-3-6-15/h1-8,17-18,25H,9-10,12-14H2. The van der Waals surface area contributed by atoms with Crippen molar-refractivity contribution >= 4 is 0 Å². The first-order valence-corrected chi connectivity index (χ1v) is 8.89. The van der Waals surface area contributed by atoms with Crippen LogP contribution in [-0.4, -0.2) is 35.3 Å². The van der Waals surface area contributed by atoms with Crippen molar-refractivity contribution in [1.82, 2.24) is 4.90 Å². The summed E-state index contributed by atoms with van der Waals surface area (Å²) in [5, 5.41) is 20.4. The lowest BCUT2D eigenvalue weighted by Gasteiger charge is -2.52. The first-order valence-electron chi connectivity index (χ1n) is 8.89. The second-order valence-electron chi connectivity index (χ2n) is 7.22. The predicted molar refractivity (Wildman–Crippen MR) is 94.6 cm³/mol. The molecule has 2 heterocycles. The highest BCUT2D eigenvalue weighted by atomic mass is 19.1. The molecular weight excluding hydrogens is 331 g/mol. The van der Waals surface area contributed by atoms with Gasteiger partial charge < -0.3 is 9.84 Å². The molecule has 5 heteroatoms. The van der Waals surface area contributed by atoms with Crippen LogP contribution in [0.4, 0.5) is 4.39 Å². The number of halogens is 1. The molecule has 0 aromatic heterocycles. The van der Waals surface area contributed by atoms with Crippen LogP contribution in [0.1, 0.15) is 29.5 Å². The topological polar surface area (TPSA) is 56.5 Å². The molecule has 0 aliphatic carbocycles. The number of fused-ring (bicyclic) bond motifs is 2. The maximum atomic E-state index is 14.7. The number of benzene rings is 2. The zero-order valence-corrected chi connectivity index (χ0v) is 14.4. The van der Waals surface area contributed by atoms with Gasteiger partial charge in [-0.15, -0.1) is 0 Å². The number of aliphatic hydroxyl groups is 1. The molecule has 2 aromatic rings. The Bertz CT molecular complexity index is 820. The van der Waals surface area contributed by atoms with Gasteiger partial charge >= 0.3 is 0 Å². The molecule has 1 N–H and O–H groups in total. The summed E-state index contributed by atoms with van der Waals surface area (Å²) in [5.41, 5.74) is 0.146. The Balaban J connectivity index is 1.63. The molecular formula is C21H21FN2O2. The van der Waals surface area contributed by atoms with Gasteiger partial charge in [0.2, 0.25) is 0 Å². The summed E-state index contributed by atoms with van der Waals surface area (Å²) in [7, 11) is 0. The van der Waals surface area contributed by atoms with Gasteiger partial charge in [-0.1, -0.05) is 42.5 Å². The Labute approximate surface area is 152 Å². The van der Waals surface area contributed by atoms with E-state index in [-0.39, 0.29) is 23.2 Å². The monoisotopic (exact) mass is 352 g/mol. The molecule has 134 valence electrons. The van der Waals surface area contributed by atoms with Gasteiger partial charge in [0, 0.05) is 24.2 Å². The average molecular weight is 352 g/mol. The summed E-state index contributed by atoms with van der Waals surface area (Å²) < 4.78 is 20.4. The normalized spacial score (nSPS) is 28.5. The second-order valence-corrected chi connectivity index (χ2v) is 7.22. The minimum atomic E-state index is -1.27. The number of hydrogen-bond acceptors (Lipinski definition) is 4. The van der Waals surface area contributed by atoms with Gasteiger partial charge in [-0.3, -0.25) is 4.90 Å². The quantitative estimate of drug-likeness (QED) is 0.923. The minimum Gasteiger partial charge on any atom is -0.385 e. The van der Waals surface area contributed by atoms with Gasteiger partial charge in [-0.25, -0.2) is 4.39 Å². The highest BCUT2D eigenvalue weighted by molar-refractivity contribution is 5.38. The van der Waals surface area contributed by atoms with Crippen LogP contribution in [0.25, 0.3) is 0 Å². The van der Waals surface area contributed by atoms with Crippen molar-refractivity contribution in [3.8, 4) is 6.07 Å². The number of hydrogen-bond donors (Lipinski definition) is 1. The summed E-state index contributed by atoms with van der Waals surface area (Å²) in [4.78, 5) is 2.36. The third-order valence-electron chi connectivity index (χ3n) is 5.53. The van der Waals surface area contributed by atoms with E-state index in [0.29, 0.717) is 26.1 Å². The Hall–Kier alpha value is -2.26. The molecule has 2 fully saturated rings. The zero-order chi connectivity index (χ0) is 18.1. The van der Waals surface area contributed by atoms with Gasteiger partial charge in [-0.05, 0) is 24.5 Å². The van der Waals surface area contributed by atoms with Gasteiger partial charge in [-0.2, -0.15) is 5.26 Å². The lowest BCUT2D eigenvalue weighted by molar-refractivity contribution is -0.150. The van der Waals surface area contributed by atoms with E-state index in [1.807, 2.05) is 24.3 Å². The lowest BCUT2D eigenvalue weighted by atomic mass is 9.76. The van der Waals surface area contributed by atoms with Gasteiger partial charge in [0.25, 0.3) is 0 Å². The van der Waals surface area contributed by atoms with E-state index in [1.54, 1.807) is 12.1 Å². The average Bonchev–Trinajstić information content (AvgIpc) is 2.64. The Kier molecular flexibility index (Phi) is 4.49. The van der Waals surface area contributed by atoms with E-state index in [1.165, 1.54) is 11.6 Å². The van der Waals surface area contributed by atoms with E-state index < -0.39 is 11.4 Å². The SMILES string of the molecule is N#Cc1cccc(C2(O)CC3COCC(C2)N3Cc2ccccc2)c1F. The molecule has 0 amide bonds. The van der Waals surface area contributed by atoms with Crippen molar-refractivity contribution < 1.29 is 14.2 Å². The van der Waals surface area contributed by atoms with Crippen LogP contribution in [0.3, 0.4) is 0 Å². The van der Waals surface area contributed by atoms with E-state index in [2.05, 4.69) is 17.0 Å². The third-order valence-corrected chi connectivity index (χ3v) is 5.53. The smallest absolute Gasteiger partial charge is 0.147 e. The number of rotatable bonds is 3. The van der Waals surface area contributed by atoms with Gasteiger partial charge in [0.1, 0.15) is 11.9 Å². The van der Waals surface area contributed by atoms with Crippen molar-refractivity contribution in [2.75, 3.05) is 13.2 Å². The van der Waals surface area contributed by atoms with Crippen molar-refractivity contribution in [3.05, 3.63) is 71.0 Å². The Morgan fingerprint density at radius 1 is 1.12 bits per heavy atom. The molecule has 0 radical (unpaired) electrons. The molecule has 2 bridgehead atoms. The van der Waals surface area contributed by atoms with Crippen LogP contribution < -0.4 is 0 Å².